The minimum absolute atomic E-state index is 0.0146. The van der Waals surface area contributed by atoms with E-state index >= 15 is 0 Å². The van der Waals surface area contributed by atoms with Crippen LogP contribution in [0, 0.1) is 11.8 Å². The van der Waals surface area contributed by atoms with Crippen LogP contribution < -0.4 is 16.4 Å². The van der Waals surface area contributed by atoms with E-state index in [1.54, 1.807) is 24.3 Å². The second kappa shape index (κ2) is 14.7. The van der Waals surface area contributed by atoms with E-state index < -0.39 is 0 Å². The number of benzene rings is 1. The number of nitrogens with one attached hydrogen (secondary N) is 2. The van der Waals surface area contributed by atoms with Crippen LogP contribution >= 0.6 is 0 Å². The number of amides is 3. The molecular weight excluding hydrogens is 416 g/mol. The van der Waals surface area contributed by atoms with Gasteiger partial charge in [-0.05, 0) is 50.3 Å². The maximum atomic E-state index is 12.9. The summed E-state index contributed by atoms with van der Waals surface area (Å²) >= 11 is 0. The first-order valence-electron chi connectivity index (χ1n) is 12.4. The minimum atomic E-state index is -0.368. The molecule has 4 N–H and O–H groups in total. The van der Waals surface area contributed by atoms with Crippen molar-refractivity contribution in [1.82, 2.24) is 15.5 Å². The Morgan fingerprint density at radius 1 is 1.00 bits per heavy atom. The van der Waals surface area contributed by atoms with Crippen molar-refractivity contribution in [2.24, 2.45) is 17.6 Å². The lowest BCUT2D eigenvalue weighted by Crippen LogP contribution is -2.47. The van der Waals surface area contributed by atoms with Crippen molar-refractivity contribution >= 4 is 17.7 Å². The fourth-order valence-corrected chi connectivity index (χ4v) is 3.54. The number of carbonyl (C=O) groups excluding carboxylic acids is 3. The van der Waals surface area contributed by atoms with Gasteiger partial charge in [0, 0.05) is 48.8 Å². The molecule has 4 unspecified atom stereocenters. The summed E-state index contributed by atoms with van der Waals surface area (Å²) in [5, 5.41) is 5.89. The number of nitrogens with two attached hydrogens (primary N) is 1. The Hall–Kier alpha value is -2.41. The zero-order chi connectivity index (χ0) is 25.0. The van der Waals surface area contributed by atoms with Crippen molar-refractivity contribution in [3.63, 3.8) is 0 Å². The molecule has 0 aliphatic carbocycles. The molecule has 33 heavy (non-hydrogen) atoms. The highest BCUT2D eigenvalue weighted by molar-refractivity contribution is 5.99. The molecule has 3 amide bonds. The summed E-state index contributed by atoms with van der Waals surface area (Å²) in [6.45, 7) is 14.0. The Balaban J connectivity index is 2.71. The maximum Gasteiger partial charge on any atom is 0.253 e. The van der Waals surface area contributed by atoms with Gasteiger partial charge in [-0.1, -0.05) is 47.1 Å². The molecule has 0 spiro atoms. The van der Waals surface area contributed by atoms with E-state index in [0.717, 1.165) is 19.3 Å². The van der Waals surface area contributed by atoms with Crippen LogP contribution in [0.3, 0.4) is 0 Å². The zero-order valence-electron chi connectivity index (χ0n) is 21.3. The van der Waals surface area contributed by atoms with E-state index in [1.165, 1.54) is 0 Å². The van der Waals surface area contributed by atoms with Crippen LogP contribution in [0.25, 0.3) is 0 Å². The van der Waals surface area contributed by atoms with Gasteiger partial charge in [0.25, 0.3) is 11.8 Å². The molecule has 7 heteroatoms. The van der Waals surface area contributed by atoms with Gasteiger partial charge in [0.05, 0.1) is 0 Å². The topological polar surface area (TPSA) is 105 Å². The van der Waals surface area contributed by atoms with Crippen LogP contribution in [-0.2, 0) is 4.79 Å². The Labute approximate surface area is 199 Å². The third-order valence-electron chi connectivity index (χ3n) is 6.04. The summed E-state index contributed by atoms with van der Waals surface area (Å²) < 4.78 is 0. The molecule has 0 saturated heterocycles. The van der Waals surface area contributed by atoms with Crippen LogP contribution in [0.15, 0.2) is 24.3 Å². The van der Waals surface area contributed by atoms with Crippen molar-refractivity contribution in [3.8, 4) is 0 Å². The van der Waals surface area contributed by atoms with Crippen LogP contribution in [0.4, 0.5) is 0 Å². The second-order valence-electron chi connectivity index (χ2n) is 9.19. The van der Waals surface area contributed by atoms with Gasteiger partial charge in [0.1, 0.15) is 0 Å². The maximum absolute atomic E-state index is 12.9. The first kappa shape index (κ1) is 28.6. The standard InChI is InChI=1S/C26H44N4O3/c1-7-13-30(14-8-2)26(33)22-12-10-11-21(16-22)25(32)29-20(6)23(27)15-19(5)24(31)28-17-18(4)9-3/h10-12,16,18-20,23H,7-9,13-15,17,27H2,1-6H3,(H,28,31)(H,29,32). The first-order valence-corrected chi connectivity index (χ1v) is 12.4. The van der Waals surface area contributed by atoms with E-state index in [2.05, 4.69) is 24.5 Å². The Bertz CT molecular complexity index is 762. The third kappa shape index (κ3) is 9.54. The van der Waals surface area contributed by atoms with Crippen LogP contribution in [0.2, 0.25) is 0 Å². The SMILES string of the molecule is CCCN(CCC)C(=O)c1cccc(C(=O)NC(C)C(N)CC(C)C(=O)NCC(C)CC)c1. The van der Waals surface area contributed by atoms with E-state index in [4.69, 9.17) is 5.73 Å². The van der Waals surface area contributed by atoms with E-state index in [1.807, 2.05) is 32.6 Å². The normalized spacial score (nSPS) is 14.6. The van der Waals surface area contributed by atoms with Gasteiger partial charge >= 0.3 is 0 Å². The smallest absolute Gasteiger partial charge is 0.253 e. The number of rotatable bonds is 14. The fraction of sp³-hybridized carbons (Fsp3) is 0.654. The summed E-state index contributed by atoms with van der Waals surface area (Å²) in [5.41, 5.74) is 7.22. The summed E-state index contributed by atoms with van der Waals surface area (Å²) in [6, 6.07) is 6.11. The summed E-state index contributed by atoms with van der Waals surface area (Å²) in [5.74, 6) is -0.160. The van der Waals surface area contributed by atoms with Gasteiger partial charge in [-0.25, -0.2) is 0 Å². The highest BCUT2D eigenvalue weighted by Gasteiger charge is 2.23. The first-order chi connectivity index (χ1) is 15.6. The molecule has 0 aliphatic rings. The lowest BCUT2D eigenvalue weighted by atomic mass is 9.96. The van der Waals surface area contributed by atoms with Crippen molar-refractivity contribution < 1.29 is 14.4 Å². The largest absolute Gasteiger partial charge is 0.356 e. The second-order valence-corrected chi connectivity index (χ2v) is 9.19. The molecule has 0 aromatic heterocycles. The van der Waals surface area contributed by atoms with Crippen LogP contribution in [0.5, 0.6) is 0 Å². The van der Waals surface area contributed by atoms with Gasteiger partial charge in [0.2, 0.25) is 5.91 Å². The quantitative estimate of drug-likeness (QED) is 0.395. The average molecular weight is 461 g/mol. The highest BCUT2D eigenvalue weighted by Crippen LogP contribution is 2.12. The van der Waals surface area contributed by atoms with E-state index in [9.17, 15) is 14.4 Å². The molecule has 7 nitrogen and oxygen atoms in total. The third-order valence-corrected chi connectivity index (χ3v) is 6.04. The van der Waals surface area contributed by atoms with Gasteiger partial charge in [0.15, 0.2) is 0 Å². The molecule has 186 valence electrons. The minimum Gasteiger partial charge on any atom is -0.356 e. The summed E-state index contributed by atoms with van der Waals surface area (Å²) in [7, 11) is 0. The number of carbonyl (C=O) groups is 3. The molecule has 1 aromatic carbocycles. The van der Waals surface area contributed by atoms with Crippen molar-refractivity contribution in [2.75, 3.05) is 19.6 Å². The number of hydrogen-bond donors (Lipinski definition) is 3. The molecule has 1 rings (SSSR count). The molecule has 0 heterocycles. The molecule has 0 fully saturated rings. The Morgan fingerprint density at radius 2 is 1.61 bits per heavy atom. The van der Waals surface area contributed by atoms with Gasteiger partial charge in [-0.3, -0.25) is 14.4 Å². The van der Waals surface area contributed by atoms with Crippen molar-refractivity contribution in [2.45, 2.75) is 79.3 Å². The van der Waals surface area contributed by atoms with Gasteiger partial charge in [-0.15, -0.1) is 0 Å². The summed E-state index contributed by atoms with van der Waals surface area (Å²) in [4.78, 5) is 39.8. The molecule has 1 aromatic rings. The van der Waals surface area contributed by atoms with E-state index in [0.29, 0.717) is 43.1 Å². The van der Waals surface area contributed by atoms with Crippen LogP contribution in [-0.4, -0.2) is 54.3 Å². The van der Waals surface area contributed by atoms with Crippen molar-refractivity contribution in [3.05, 3.63) is 35.4 Å². The molecule has 0 radical (unpaired) electrons. The predicted octanol–water partition coefficient (Wildman–Crippen LogP) is 3.58. The Kier molecular flexibility index (Phi) is 12.7. The number of hydrogen-bond acceptors (Lipinski definition) is 4. The predicted molar refractivity (Wildman–Crippen MR) is 134 cm³/mol. The molecule has 0 saturated carbocycles. The van der Waals surface area contributed by atoms with Crippen LogP contribution in [0.1, 0.15) is 87.9 Å². The molecule has 0 bridgehead atoms. The average Bonchev–Trinajstić information content (AvgIpc) is 2.81. The van der Waals surface area contributed by atoms with E-state index in [-0.39, 0.29) is 35.7 Å². The summed E-state index contributed by atoms with van der Waals surface area (Å²) in [6.07, 6.45) is 3.25. The monoisotopic (exact) mass is 460 g/mol. The Morgan fingerprint density at radius 3 is 2.18 bits per heavy atom. The number of nitrogens with zero attached hydrogens (tertiary/aromatic N) is 1. The molecular formula is C26H44N4O3. The fourth-order valence-electron chi connectivity index (χ4n) is 3.54. The van der Waals surface area contributed by atoms with Gasteiger partial charge in [-0.2, -0.15) is 0 Å². The zero-order valence-corrected chi connectivity index (χ0v) is 21.3. The lowest BCUT2D eigenvalue weighted by Gasteiger charge is -2.24. The van der Waals surface area contributed by atoms with Gasteiger partial charge < -0.3 is 21.3 Å². The lowest BCUT2D eigenvalue weighted by molar-refractivity contribution is -0.125. The highest BCUT2D eigenvalue weighted by atomic mass is 16.2. The molecule has 0 aliphatic heterocycles. The van der Waals surface area contributed by atoms with Crippen molar-refractivity contribution in [1.29, 1.82) is 0 Å². The molecule has 4 atom stereocenters.